The van der Waals surface area contributed by atoms with Crippen LogP contribution in [0, 0.1) is 0 Å². The minimum absolute atomic E-state index is 0.225. The second-order valence-electron chi connectivity index (χ2n) is 5.59. The van der Waals surface area contributed by atoms with Crippen molar-refractivity contribution in [3.63, 3.8) is 0 Å². The number of carbonyl (C=O) groups is 2. The second-order valence-corrected chi connectivity index (χ2v) is 6.87. The van der Waals surface area contributed by atoms with Crippen molar-refractivity contribution in [2.75, 3.05) is 20.1 Å². The molecular formula is C18H18Cl3N3O2. The van der Waals surface area contributed by atoms with Gasteiger partial charge in [0.05, 0.1) is 0 Å². The number of hydrogen-bond donors (Lipinski definition) is 2. The predicted molar refractivity (Wildman–Crippen MR) is 105 cm³/mol. The Kier molecular flexibility index (Phi) is 7.57. The molecule has 0 saturated carbocycles. The van der Waals surface area contributed by atoms with E-state index in [0.29, 0.717) is 40.3 Å². The third kappa shape index (κ3) is 6.09. The van der Waals surface area contributed by atoms with Crippen LogP contribution in [0.2, 0.25) is 15.1 Å². The van der Waals surface area contributed by atoms with Gasteiger partial charge in [-0.3, -0.25) is 4.79 Å². The van der Waals surface area contributed by atoms with Crippen molar-refractivity contribution in [1.82, 2.24) is 15.5 Å². The first-order valence-corrected chi connectivity index (χ1v) is 8.97. The predicted octanol–water partition coefficient (Wildman–Crippen LogP) is 4.22. The molecule has 0 aromatic heterocycles. The van der Waals surface area contributed by atoms with E-state index in [0.717, 1.165) is 5.56 Å². The molecule has 0 unspecified atom stereocenters. The lowest BCUT2D eigenvalue weighted by atomic mass is 10.2. The summed E-state index contributed by atoms with van der Waals surface area (Å²) in [5, 5.41) is 7.08. The summed E-state index contributed by atoms with van der Waals surface area (Å²) in [5.41, 5.74) is 1.31. The average Bonchev–Trinajstić information content (AvgIpc) is 2.61. The van der Waals surface area contributed by atoms with E-state index in [1.54, 1.807) is 49.5 Å². The molecule has 2 rings (SSSR count). The highest BCUT2D eigenvalue weighted by molar-refractivity contribution is 6.35. The second kappa shape index (κ2) is 9.67. The highest BCUT2D eigenvalue weighted by Gasteiger charge is 2.11. The standard InChI is InChI=1S/C18H18Cl3N3O2/c1-24(11-13-4-7-15(20)10-16(13)21)18(26)23-9-8-22-17(25)12-2-5-14(19)6-3-12/h2-7,10H,8-9,11H2,1H3,(H,22,25)(H,23,26). The normalized spacial score (nSPS) is 10.3. The van der Waals surface area contributed by atoms with E-state index in [1.807, 2.05) is 0 Å². The van der Waals surface area contributed by atoms with Gasteiger partial charge in [-0.25, -0.2) is 4.79 Å². The summed E-state index contributed by atoms with van der Waals surface area (Å²) in [7, 11) is 1.66. The molecule has 8 heteroatoms. The van der Waals surface area contributed by atoms with E-state index in [4.69, 9.17) is 34.8 Å². The van der Waals surface area contributed by atoms with Gasteiger partial charge in [0.15, 0.2) is 0 Å². The van der Waals surface area contributed by atoms with Gasteiger partial charge in [-0.1, -0.05) is 40.9 Å². The Labute approximate surface area is 167 Å². The molecule has 5 nitrogen and oxygen atoms in total. The van der Waals surface area contributed by atoms with Crippen molar-refractivity contribution in [2.45, 2.75) is 6.54 Å². The molecule has 0 atom stereocenters. The van der Waals surface area contributed by atoms with Crippen molar-refractivity contribution in [3.8, 4) is 0 Å². The summed E-state index contributed by atoms with van der Waals surface area (Å²) in [4.78, 5) is 25.5. The van der Waals surface area contributed by atoms with Crippen LogP contribution in [0.15, 0.2) is 42.5 Å². The lowest BCUT2D eigenvalue weighted by Gasteiger charge is -2.19. The number of halogens is 3. The summed E-state index contributed by atoms with van der Waals surface area (Å²) in [6, 6.07) is 11.4. The SMILES string of the molecule is CN(Cc1ccc(Cl)cc1Cl)C(=O)NCCNC(=O)c1ccc(Cl)cc1. The van der Waals surface area contributed by atoms with Crippen LogP contribution in [0.4, 0.5) is 4.79 Å². The Hall–Kier alpha value is -1.95. The highest BCUT2D eigenvalue weighted by Crippen LogP contribution is 2.21. The van der Waals surface area contributed by atoms with E-state index in [2.05, 4.69) is 10.6 Å². The zero-order valence-electron chi connectivity index (χ0n) is 14.1. The maximum Gasteiger partial charge on any atom is 0.317 e. The zero-order chi connectivity index (χ0) is 19.1. The molecule has 0 heterocycles. The number of amides is 3. The minimum atomic E-state index is -0.267. The average molecular weight is 415 g/mol. The van der Waals surface area contributed by atoms with Gasteiger partial charge in [-0.15, -0.1) is 0 Å². The van der Waals surface area contributed by atoms with Gasteiger partial charge in [0.25, 0.3) is 5.91 Å². The Morgan fingerprint density at radius 3 is 2.19 bits per heavy atom. The van der Waals surface area contributed by atoms with Crippen molar-refractivity contribution in [1.29, 1.82) is 0 Å². The van der Waals surface area contributed by atoms with Gasteiger partial charge < -0.3 is 15.5 Å². The van der Waals surface area contributed by atoms with Gasteiger partial charge in [-0.2, -0.15) is 0 Å². The molecule has 3 amide bonds. The number of nitrogens with zero attached hydrogens (tertiary/aromatic N) is 1. The maximum atomic E-state index is 12.1. The number of hydrogen-bond acceptors (Lipinski definition) is 2. The molecule has 0 fully saturated rings. The summed E-state index contributed by atoms with van der Waals surface area (Å²) in [6.07, 6.45) is 0. The molecule has 26 heavy (non-hydrogen) atoms. The minimum Gasteiger partial charge on any atom is -0.350 e. The lowest BCUT2D eigenvalue weighted by Crippen LogP contribution is -2.41. The first kappa shape index (κ1) is 20.4. The fourth-order valence-electron chi connectivity index (χ4n) is 2.16. The molecule has 138 valence electrons. The van der Waals surface area contributed by atoms with Crippen LogP contribution in [0.5, 0.6) is 0 Å². The van der Waals surface area contributed by atoms with E-state index in [9.17, 15) is 9.59 Å². The monoisotopic (exact) mass is 413 g/mol. The van der Waals surface area contributed by atoms with Gasteiger partial charge in [0.2, 0.25) is 0 Å². The molecule has 0 aliphatic rings. The van der Waals surface area contributed by atoms with Crippen molar-refractivity contribution >= 4 is 46.7 Å². The van der Waals surface area contributed by atoms with E-state index >= 15 is 0 Å². The Morgan fingerprint density at radius 2 is 1.54 bits per heavy atom. The molecule has 2 aromatic carbocycles. The Balaban J connectivity index is 1.74. The third-order valence-corrected chi connectivity index (χ3v) is 4.40. The summed E-state index contributed by atoms with van der Waals surface area (Å²) < 4.78 is 0. The number of urea groups is 1. The molecule has 2 aromatic rings. The van der Waals surface area contributed by atoms with Gasteiger partial charge in [0.1, 0.15) is 0 Å². The third-order valence-electron chi connectivity index (χ3n) is 3.56. The fraction of sp³-hybridized carbons (Fsp3) is 0.222. The summed E-state index contributed by atoms with van der Waals surface area (Å²) in [6.45, 7) is 0.957. The smallest absolute Gasteiger partial charge is 0.317 e. The largest absolute Gasteiger partial charge is 0.350 e. The van der Waals surface area contributed by atoms with Crippen LogP contribution in [0.25, 0.3) is 0 Å². The maximum absolute atomic E-state index is 12.1. The first-order valence-electron chi connectivity index (χ1n) is 7.83. The lowest BCUT2D eigenvalue weighted by molar-refractivity contribution is 0.0953. The Bertz CT molecular complexity index is 782. The Morgan fingerprint density at radius 1 is 0.923 bits per heavy atom. The van der Waals surface area contributed by atoms with Crippen LogP contribution in [-0.2, 0) is 6.54 Å². The van der Waals surface area contributed by atoms with Gasteiger partial charge in [0, 0.05) is 47.3 Å². The van der Waals surface area contributed by atoms with Gasteiger partial charge >= 0.3 is 6.03 Å². The molecular weight excluding hydrogens is 397 g/mol. The van der Waals surface area contributed by atoms with Crippen molar-refractivity contribution in [2.24, 2.45) is 0 Å². The van der Waals surface area contributed by atoms with Crippen LogP contribution in [0.3, 0.4) is 0 Å². The van der Waals surface area contributed by atoms with Crippen LogP contribution < -0.4 is 10.6 Å². The van der Waals surface area contributed by atoms with Gasteiger partial charge in [-0.05, 0) is 42.0 Å². The molecule has 0 aliphatic heterocycles. The molecule has 0 aliphatic carbocycles. The molecule has 0 spiro atoms. The van der Waals surface area contributed by atoms with Crippen molar-refractivity contribution < 1.29 is 9.59 Å². The molecule has 2 N–H and O–H groups in total. The number of benzene rings is 2. The van der Waals surface area contributed by atoms with Crippen LogP contribution >= 0.6 is 34.8 Å². The molecule has 0 radical (unpaired) electrons. The van der Waals surface area contributed by atoms with Crippen LogP contribution in [0.1, 0.15) is 15.9 Å². The number of carbonyl (C=O) groups excluding carboxylic acids is 2. The highest BCUT2D eigenvalue weighted by atomic mass is 35.5. The topological polar surface area (TPSA) is 61.4 Å². The van der Waals surface area contributed by atoms with E-state index in [-0.39, 0.29) is 11.9 Å². The van der Waals surface area contributed by atoms with Crippen LogP contribution in [-0.4, -0.2) is 37.0 Å². The summed E-state index contributed by atoms with van der Waals surface area (Å²) in [5.74, 6) is -0.225. The number of rotatable bonds is 6. The summed E-state index contributed by atoms with van der Waals surface area (Å²) >= 11 is 17.8. The van der Waals surface area contributed by atoms with Crippen molar-refractivity contribution in [3.05, 3.63) is 68.7 Å². The molecule has 0 saturated heterocycles. The molecule has 0 bridgehead atoms. The zero-order valence-corrected chi connectivity index (χ0v) is 16.3. The van der Waals surface area contributed by atoms with E-state index < -0.39 is 0 Å². The quantitative estimate of drug-likeness (QED) is 0.695. The fourth-order valence-corrected chi connectivity index (χ4v) is 2.76. The first-order chi connectivity index (χ1) is 12.4. The van der Waals surface area contributed by atoms with E-state index in [1.165, 1.54) is 4.90 Å². The number of nitrogens with one attached hydrogen (secondary N) is 2.